The molecule has 0 spiro atoms. The zero-order valence-electron chi connectivity index (χ0n) is 21.7. The Balaban J connectivity index is 1.34. The minimum absolute atomic E-state index is 0.0873. The largest absolute Gasteiger partial charge is 0.508 e. The summed E-state index contributed by atoms with van der Waals surface area (Å²) in [7, 11) is 1.65. The number of phenolic OH excluding ortho intramolecular Hbond substituents is 3. The van der Waals surface area contributed by atoms with Gasteiger partial charge in [0.15, 0.2) is 11.5 Å². The first-order chi connectivity index (χ1) is 20.1. The van der Waals surface area contributed by atoms with Crippen molar-refractivity contribution in [3.63, 3.8) is 0 Å². The number of para-hydroxylation sites is 1. The molecule has 1 saturated heterocycles. The summed E-state index contributed by atoms with van der Waals surface area (Å²) in [6.45, 7) is 0. The molecule has 3 amide bonds. The van der Waals surface area contributed by atoms with Gasteiger partial charge in [-0.2, -0.15) is 0 Å². The number of aryl methyl sites for hydroxylation is 1. The molecule has 218 valence electrons. The van der Waals surface area contributed by atoms with E-state index in [4.69, 9.17) is 0 Å². The van der Waals surface area contributed by atoms with Gasteiger partial charge in [0.2, 0.25) is 11.1 Å². The number of nitrogens with zero attached hydrogens (tertiary/aromatic N) is 5. The maximum Gasteiger partial charge on any atom is 0.352 e. The minimum atomic E-state index is -1.38. The van der Waals surface area contributed by atoms with Crippen LogP contribution in [0.15, 0.2) is 58.9 Å². The average Bonchev–Trinajstić information content (AvgIpc) is 3.38. The molecule has 42 heavy (non-hydrogen) atoms. The maximum absolute atomic E-state index is 13.5. The van der Waals surface area contributed by atoms with Crippen LogP contribution in [0.5, 0.6) is 17.2 Å². The lowest BCUT2D eigenvalue weighted by Crippen LogP contribution is -2.71. The van der Waals surface area contributed by atoms with Crippen LogP contribution in [0.4, 0.5) is 0 Å². The van der Waals surface area contributed by atoms with Crippen LogP contribution in [0.25, 0.3) is 0 Å². The van der Waals surface area contributed by atoms with E-state index < -0.39 is 52.6 Å². The molecule has 0 aliphatic carbocycles. The lowest BCUT2D eigenvalue weighted by atomic mass is 10.0. The molecule has 3 atom stereocenters. The first-order valence-corrected chi connectivity index (χ1v) is 14.3. The van der Waals surface area contributed by atoms with E-state index in [-0.39, 0.29) is 34.1 Å². The third kappa shape index (κ3) is 5.42. The van der Waals surface area contributed by atoms with Gasteiger partial charge in [0.1, 0.15) is 28.9 Å². The molecular formula is C25H23N7O8S2. The van der Waals surface area contributed by atoms with Crippen molar-refractivity contribution in [1.29, 1.82) is 0 Å². The Morgan fingerprint density at radius 3 is 2.55 bits per heavy atom. The van der Waals surface area contributed by atoms with E-state index >= 15 is 0 Å². The summed E-state index contributed by atoms with van der Waals surface area (Å²) in [5, 5.41) is 55.5. The molecule has 2 unspecified atom stereocenters. The van der Waals surface area contributed by atoms with Gasteiger partial charge in [0.05, 0.1) is 5.56 Å². The fourth-order valence-electron chi connectivity index (χ4n) is 4.42. The van der Waals surface area contributed by atoms with Crippen molar-refractivity contribution >= 4 is 47.2 Å². The number of fused-ring (bicyclic) bond motifs is 1. The Morgan fingerprint density at radius 1 is 1.14 bits per heavy atom. The number of aromatic nitrogens is 4. The van der Waals surface area contributed by atoms with Crippen LogP contribution in [0.1, 0.15) is 22.0 Å². The quantitative estimate of drug-likeness (QED) is 0.109. The predicted octanol–water partition coefficient (Wildman–Crippen LogP) is 0.329. The number of aliphatic carboxylic acids is 1. The first-order valence-electron chi connectivity index (χ1n) is 12.2. The maximum atomic E-state index is 13.5. The number of carboxylic acids is 1. The smallest absolute Gasteiger partial charge is 0.352 e. The van der Waals surface area contributed by atoms with Gasteiger partial charge in [-0.15, -0.1) is 16.9 Å². The third-order valence-corrected chi connectivity index (χ3v) is 8.96. The number of phenols is 3. The number of β-lactam (4-membered cyclic amide) rings is 1. The number of carboxylic acid groups (broad SMARTS) is 1. The number of tetrazole rings is 1. The Hall–Kier alpha value is -4.77. The molecule has 1 aromatic heterocycles. The summed E-state index contributed by atoms with van der Waals surface area (Å²) in [6.07, 6.45) is 0. The van der Waals surface area contributed by atoms with Crippen LogP contribution >= 0.6 is 23.5 Å². The van der Waals surface area contributed by atoms with E-state index in [1.165, 1.54) is 70.7 Å². The molecule has 3 aromatic rings. The van der Waals surface area contributed by atoms with Gasteiger partial charge in [-0.05, 0) is 45.8 Å². The lowest BCUT2D eigenvalue weighted by molar-refractivity contribution is -0.151. The molecular weight excluding hydrogens is 590 g/mol. The molecule has 15 nitrogen and oxygen atoms in total. The SMILES string of the molecule is Cn1nnnc1SCC1=C(C(=O)O)N2C(=O)C(NC(=O)C(NC(=O)c3cccc(O)c3O)c3ccc(O)cc3)[C@H]2SC1. The predicted molar refractivity (Wildman–Crippen MR) is 147 cm³/mol. The van der Waals surface area contributed by atoms with Crippen molar-refractivity contribution in [1.82, 2.24) is 35.7 Å². The summed E-state index contributed by atoms with van der Waals surface area (Å²) in [5.74, 6) is -4.39. The average molecular weight is 614 g/mol. The highest BCUT2D eigenvalue weighted by molar-refractivity contribution is 8.01. The molecule has 2 aromatic carbocycles. The zero-order valence-corrected chi connectivity index (χ0v) is 23.3. The fourth-order valence-corrected chi connectivity index (χ4v) is 6.75. The topological polar surface area (TPSA) is 220 Å². The van der Waals surface area contributed by atoms with E-state index in [0.717, 1.165) is 4.90 Å². The van der Waals surface area contributed by atoms with Gasteiger partial charge in [-0.25, -0.2) is 9.48 Å². The summed E-state index contributed by atoms with van der Waals surface area (Å²) >= 11 is 2.50. The lowest BCUT2D eigenvalue weighted by Gasteiger charge is -2.49. The molecule has 1 fully saturated rings. The number of aromatic hydroxyl groups is 3. The Morgan fingerprint density at radius 2 is 1.88 bits per heavy atom. The Kier molecular flexibility index (Phi) is 7.95. The normalized spacial score (nSPS) is 18.6. The van der Waals surface area contributed by atoms with Crippen LogP contribution < -0.4 is 10.6 Å². The van der Waals surface area contributed by atoms with Crippen molar-refractivity contribution in [3.05, 3.63) is 64.9 Å². The molecule has 3 heterocycles. The van der Waals surface area contributed by atoms with E-state index in [9.17, 15) is 39.6 Å². The molecule has 0 bridgehead atoms. The number of hydrogen-bond donors (Lipinski definition) is 6. The molecule has 17 heteroatoms. The Labute approximate surface area is 245 Å². The van der Waals surface area contributed by atoms with Crippen LogP contribution in [0.3, 0.4) is 0 Å². The van der Waals surface area contributed by atoms with Crippen molar-refractivity contribution in [2.45, 2.75) is 22.6 Å². The standard InChI is InChI=1S/C25H23N7O8S2/c1-31-25(28-29-30-31)42-10-12-9-41-23-17(22(38)32(23)18(12)24(39)40)27-21(37)16(11-5-7-13(33)8-6-11)26-20(36)14-3-2-4-15(34)19(14)35/h2-8,16-17,23,33-35H,9-10H2,1H3,(H,26,36)(H,27,37)(H,39,40)/t16?,17?,23-/m1/s1. The van der Waals surface area contributed by atoms with E-state index in [0.29, 0.717) is 10.7 Å². The van der Waals surface area contributed by atoms with Gasteiger partial charge in [-0.1, -0.05) is 30.0 Å². The molecule has 2 aliphatic heterocycles. The number of benzene rings is 2. The second-order valence-corrected chi connectivity index (χ2v) is 11.2. The number of amides is 3. The number of thioether (sulfide) groups is 2. The van der Waals surface area contributed by atoms with E-state index in [2.05, 4.69) is 26.2 Å². The van der Waals surface area contributed by atoms with Gasteiger partial charge >= 0.3 is 5.97 Å². The Bertz CT molecular complexity index is 1610. The number of hydrogen-bond acceptors (Lipinski definition) is 12. The molecule has 0 radical (unpaired) electrons. The summed E-state index contributed by atoms with van der Waals surface area (Å²) in [5.41, 5.74) is 0.288. The first kappa shape index (κ1) is 28.7. The molecule has 5 rings (SSSR count). The highest BCUT2D eigenvalue weighted by atomic mass is 32.2. The second kappa shape index (κ2) is 11.6. The number of carbonyl (C=O) groups is 4. The van der Waals surface area contributed by atoms with Gasteiger partial charge in [0.25, 0.3) is 11.8 Å². The highest BCUT2D eigenvalue weighted by Gasteiger charge is 2.54. The van der Waals surface area contributed by atoms with Crippen molar-refractivity contribution in [2.75, 3.05) is 11.5 Å². The number of nitrogens with one attached hydrogen (secondary N) is 2. The molecule has 0 saturated carbocycles. The van der Waals surface area contributed by atoms with Crippen molar-refractivity contribution < 1.29 is 39.6 Å². The van der Waals surface area contributed by atoms with Gasteiger partial charge in [-0.3, -0.25) is 19.3 Å². The second-order valence-electron chi connectivity index (χ2n) is 9.20. The van der Waals surface area contributed by atoms with Gasteiger partial charge < -0.3 is 31.1 Å². The molecule has 2 aliphatic rings. The molecule has 6 N–H and O–H groups in total. The summed E-state index contributed by atoms with van der Waals surface area (Å²) in [6, 6.07) is 6.72. The zero-order chi connectivity index (χ0) is 30.1. The highest BCUT2D eigenvalue weighted by Crippen LogP contribution is 2.41. The summed E-state index contributed by atoms with van der Waals surface area (Å²) in [4.78, 5) is 53.0. The minimum Gasteiger partial charge on any atom is -0.508 e. The third-order valence-electron chi connectivity index (χ3n) is 6.53. The van der Waals surface area contributed by atoms with Crippen LogP contribution in [0, 0.1) is 0 Å². The van der Waals surface area contributed by atoms with Crippen LogP contribution in [-0.4, -0.2) is 92.1 Å². The van der Waals surface area contributed by atoms with Crippen molar-refractivity contribution in [3.8, 4) is 17.2 Å². The number of rotatable bonds is 9. The van der Waals surface area contributed by atoms with E-state index in [1.54, 1.807) is 7.05 Å². The van der Waals surface area contributed by atoms with Crippen molar-refractivity contribution in [2.24, 2.45) is 7.05 Å². The fraction of sp³-hybridized carbons (Fsp3) is 0.240. The van der Waals surface area contributed by atoms with Crippen LogP contribution in [-0.2, 0) is 21.4 Å². The monoisotopic (exact) mass is 613 g/mol. The van der Waals surface area contributed by atoms with Crippen LogP contribution in [0.2, 0.25) is 0 Å². The van der Waals surface area contributed by atoms with Gasteiger partial charge in [0, 0.05) is 18.6 Å². The summed E-state index contributed by atoms with van der Waals surface area (Å²) < 4.78 is 1.44. The van der Waals surface area contributed by atoms with E-state index in [1.807, 2.05) is 0 Å². The number of carbonyl (C=O) groups excluding carboxylic acids is 3.